The Bertz CT molecular complexity index is 306. The molecule has 1 heterocycles. The lowest BCUT2D eigenvalue weighted by atomic mass is 10.4. The normalized spacial score (nSPS) is 9.23. The Kier molecular flexibility index (Phi) is 3.71. The van der Waals surface area contributed by atoms with Gasteiger partial charge in [-0.15, -0.1) is 0 Å². The van der Waals surface area contributed by atoms with Crippen LogP contribution in [0.2, 0.25) is 0 Å². The molecule has 0 aromatic carbocycles. The van der Waals surface area contributed by atoms with Gasteiger partial charge < -0.3 is 4.74 Å². The average Bonchev–Trinajstić information content (AvgIpc) is 2.16. The maximum absolute atomic E-state index is 8.42. The Labute approximate surface area is 77.2 Å². The van der Waals surface area contributed by atoms with Crippen LogP contribution in [0.25, 0.3) is 0 Å². The number of nitriles is 1. The van der Waals surface area contributed by atoms with E-state index < -0.39 is 0 Å². The molecule has 0 spiro atoms. The van der Waals surface area contributed by atoms with Crippen LogP contribution < -0.4 is 4.74 Å². The molecule has 0 saturated carbocycles. The second-order valence-electron chi connectivity index (χ2n) is 2.49. The largest absolute Gasteiger partial charge is 0.478 e. The summed E-state index contributed by atoms with van der Waals surface area (Å²) < 4.78 is 5.28. The van der Waals surface area contributed by atoms with E-state index >= 15 is 0 Å². The van der Waals surface area contributed by atoms with E-state index in [4.69, 9.17) is 10.00 Å². The van der Waals surface area contributed by atoms with E-state index in [1.165, 1.54) is 0 Å². The lowest BCUT2D eigenvalue weighted by Gasteiger charge is -2.02. The van der Waals surface area contributed by atoms with Crippen LogP contribution in [0.1, 0.15) is 19.2 Å². The molecule has 0 N–H and O–H groups in total. The standard InChI is InChI=1S/C9H11N3O/c1-2-7-13-9-4-6-11-8(12-9)3-5-10/h4,6H,2-3,7H2,1H3. The highest BCUT2D eigenvalue weighted by molar-refractivity contribution is 5.10. The van der Waals surface area contributed by atoms with Crippen molar-refractivity contribution >= 4 is 0 Å². The van der Waals surface area contributed by atoms with Gasteiger partial charge in [0.1, 0.15) is 5.82 Å². The smallest absolute Gasteiger partial charge is 0.216 e. The zero-order valence-corrected chi connectivity index (χ0v) is 7.53. The van der Waals surface area contributed by atoms with Gasteiger partial charge in [-0.1, -0.05) is 6.92 Å². The van der Waals surface area contributed by atoms with E-state index in [0.717, 1.165) is 6.42 Å². The molecule has 0 aliphatic rings. The number of rotatable bonds is 4. The first-order valence-electron chi connectivity index (χ1n) is 4.18. The molecule has 1 aromatic heterocycles. The molecule has 0 radical (unpaired) electrons. The van der Waals surface area contributed by atoms with Gasteiger partial charge in [0.2, 0.25) is 5.88 Å². The second kappa shape index (κ2) is 5.09. The molecule has 1 aromatic rings. The summed E-state index contributed by atoms with van der Waals surface area (Å²) in [5.74, 6) is 1.05. The van der Waals surface area contributed by atoms with Crippen LogP contribution in [0.3, 0.4) is 0 Å². The quantitative estimate of drug-likeness (QED) is 0.696. The van der Waals surface area contributed by atoms with Crippen molar-refractivity contribution in [2.75, 3.05) is 6.61 Å². The third kappa shape index (κ3) is 3.08. The lowest BCUT2D eigenvalue weighted by Crippen LogP contribution is -2.00. The minimum absolute atomic E-state index is 0.226. The van der Waals surface area contributed by atoms with Crippen LogP contribution in [-0.4, -0.2) is 16.6 Å². The molecular weight excluding hydrogens is 166 g/mol. The molecule has 4 heteroatoms. The summed E-state index contributed by atoms with van der Waals surface area (Å²) in [6.45, 7) is 2.67. The van der Waals surface area contributed by atoms with Gasteiger partial charge in [0.15, 0.2) is 0 Å². The Morgan fingerprint density at radius 2 is 2.46 bits per heavy atom. The maximum Gasteiger partial charge on any atom is 0.216 e. The minimum Gasteiger partial charge on any atom is -0.478 e. The lowest BCUT2D eigenvalue weighted by molar-refractivity contribution is 0.303. The molecule has 1 rings (SSSR count). The number of aromatic nitrogens is 2. The second-order valence-corrected chi connectivity index (χ2v) is 2.49. The first-order chi connectivity index (χ1) is 6.36. The SMILES string of the molecule is CCCOc1ccnc(CC#N)n1. The summed E-state index contributed by atoms with van der Waals surface area (Å²) in [5.41, 5.74) is 0. The van der Waals surface area contributed by atoms with Gasteiger partial charge in [-0.05, 0) is 6.42 Å². The highest BCUT2D eigenvalue weighted by Gasteiger charge is 1.98. The predicted octanol–water partition coefficient (Wildman–Crippen LogP) is 1.33. The summed E-state index contributed by atoms with van der Waals surface area (Å²) in [5, 5.41) is 8.42. The first-order valence-corrected chi connectivity index (χ1v) is 4.18. The zero-order valence-electron chi connectivity index (χ0n) is 7.53. The molecule has 0 aliphatic heterocycles. The third-order valence-corrected chi connectivity index (χ3v) is 1.37. The molecule has 13 heavy (non-hydrogen) atoms. The Morgan fingerprint density at radius 1 is 1.62 bits per heavy atom. The van der Waals surface area contributed by atoms with Crippen molar-refractivity contribution in [3.63, 3.8) is 0 Å². The molecular formula is C9H11N3O. The van der Waals surface area contributed by atoms with Crippen molar-refractivity contribution in [2.24, 2.45) is 0 Å². The Morgan fingerprint density at radius 3 is 3.15 bits per heavy atom. The number of hydrogen-bond acceptors (Lipinski definition) is 4. The summed E-state index contributed by atoms with van der Waals surface area (Å²) >= 11 is 0. The molecule has 0 aliphatic carbocycles. The molecule has 0 saturated heterocycles. The highest BCUT2D eigenvalue weighted by atomic mass is 16.5. The summed E-state index contributed by atoms with van der Waals surface area (Å²) in [6.07, 6.45) is 2.77. The Balaban J connectivity index is 2.63. The third-order valence-electron chi connectivity index (χ3n) is 1.37. The van der Waals surface area contributed by atoms with E-state index in [1.54, 1.807) is 12.3 Å². The van der Waals surface area contributed by atoms with Gasteiger partial charge in [0, 0.05) is 12.3 Å². The molecule has 4 nitrogen and oxygen atoms in total. The molecule has 0 amide bonds. The fourth-order valence-corrected chi connectivity index (χ4v) is 0.823. The molecule has 0 bridgehead atoms. The summed E-state index contributed by atoms with van der Waals surface area (Å²) in [4.78, 5) is 7.97. The fraction of sp³-hybridized carbons (Fsp3) is 0.444. The number of hydrogen-bond donors (Lipinski definition) is 0. The van der Waals surface area contributed by atoms with Gasteiger partial charge in [0.25, 0.3) is 0 Å². The Hall–Kier alpha value is -1.63. The first kappa shape index (κ1) is 9.46. The summed E-state index contributed by atoms with van der Waals surface area (Å²) in [7, 11) is 0. The molecule has 0 atom stereocenters. The van der Waals surface area contributed by atoms with Crippen molar-refractivity contribution in [1.82, 2.24) is 9.97 Å². The number of ether oxygens (including phenoxy) is 1. The van der Waals surface area contributed by atoms with Crippen LogP contribution in [0.15, 0.2) is 12.3 Å². The van der Waals surface area contributed by atoms with E-state index in [2.05, 4.69) is 9.97 Å². The van der Waals surface area contributed by atoms with Gasteiger partial charge in [-0.2, -0.15) is 10.2 Å². The van der Waals surface area contributed by atoms with Crippen molar-refractivity contribution in [1.29, 1.82) is 5.26 Å². The van der Waals surface area contributed by atoms with Crippen LogP contribution in [-0.2, 0) is 6.42 Å². The number of nitrogens with zero attached hydrogens (tertiary/aromatic N) is 3. The molecule has 0 unspecified atom stereocenters. The van der Waals surface area contributed by atoms with Crippen LogP contribution in [0.4, 0.5) is 0 Å². The van der Waals surface area contributed by atoms with E-state index in [9.17, 15) is 0 Å². The maximum atomic E-state index is 8.42. The molecule has 0 fully saturated rings. The van der Waals surface area contributed by atoms with Gasteiger partial charge in [-0.25, -0.2) is 4.98 Å². The minimum atomic E-state index is 0.226. The van der Waals surface area contributed by atoms with Crippen molar-refractivity contribution < 1.29 is 4.74 Å². The van der Waals surface area contributed by atoms with Crippen LogP contribution in [0.5, 0.6) is 5.88 Å². The van der Waals surface area contributed by atoms with Crippen molar-refractivity contribution in [3.8, 4) is 11.9 Å². The zero-order chi connectivity index (χ0) is 9.52. The van der Waals surface area contributed by atoms with E-state index in [1.807, 2.05) is 13.0 Å². The van der Waals surface area contributed by atoms with Crippen LogP contribution >= 0.6 is 0 Å². The topological polar surface area (TPSA) is 58.8 Å². The van der Waals surface area contributed by atoms with Gasteiger partial charge in [0.05, 0.1) is 19.1 Å². The highest BCUT2D eigenvalue weighted by Crippen LogP contribution is 2.05. The monoisotopic (exact) mass is 177 g/mol. The molecule has 68 valence electrons. The van der Waals surface area contributed by atoms with E-state index in [0.29, 0.717) is 18.3 Å². The summed E-state index contributed by atoms with van der Waals surface area (Å²) in [6, 6.07) is 3.68. The van der Waals surface area contributed by atoms with Crippen LogP contribution in [0, 0.1) is 11.3 Å². The van der Waals surface area contributed by atoms with Crippen molar-refractivity contribution in [2.45, 2.75) is 19.8 Å². The average molecular weight is 177 g/mol. The van der Waals surface area contributed by atoms with Crippen molar-refractivity contribution in [3.05, 3.63) is 18.1 Å². The van der Waals surface area contributed by atoms with Gasteiger partial charge in [-0.3, -0.25) is 0 Å². The van der Waals surface area contributed by atoms with Gasteiger partial charge >= 0.3 is 0 Å². The fourth-order valence-electron chi connectivity index (χ4n) is 0.823. The van der Waals surface area contributed by atoms with E-state index in [-0.39, 0.29) is 6.42 Å². The predicted molar refractivity (Wildman–Crippen MR) is 47.1 cm³/mol.